The van der Waals surface area contributed by atoms with Crippen molar-refractivity contribution >= 4 is 11.6 Å². The predicted octanol–water partition coefficient (Wildman–Crippen LogP) is 5.56. The lowest BCUT2D eigenvalue weighted by Gasteiger charge is -2.38. The van der Waals surface area contributed by atoms with E-state index in [1.807, 2.05) is 13.8 Å². The highest BCUT2D eigenvalue weighted by Crippen LogP contribution is 2.44. The summed E-state index contributed by atoms with van der Waals surface area (Å²) in [5, 5.41) is 0.719. The first-order chi connectivity index (χ1) is 13.2. The largest absolute Gasteiger partial charge is 0.495 e. The van der Waals surface area contributed by atoms with Crippen LogP contribution >= 0.6 is 11.6 Å². The molecule has 1 aliphatic heterocycles. The van der Waals surface area contributed by atoms with Gasteiger partial charge in [-0.1, -0.05) is 49.7 Å². The molecule has 144 valence electrons. The lowest BCUT2D eigenvalue weighted by atomic mass is 9.74. The lowest BCUT2D eigenvalue weighted by molar-refractivity contribution is 0.214. The van der Waals surface area contributed by atoms with Crippen molar-refractivity contribution in [1.29, 1.82) is 0 Å². The second kappa shape index (κ2) is 9.83. The average Bonchev–Trinajstić information content (AvgIpc) is 2.87. The third-order valence-corrected chi connectivity index (χ3v) is 5.83. The van der Waals surface area contributed by atoms with E-state index in [0.29, 0.717) is 12.0 Å². The van der Waals surface area contributed by atoms with Crippen molar-refractivity contribution in [3.8, 4) is 18.6 Å². The van der Waals surface area contributed by atoms with Crippen LogP contribution in [0.3, 0.4) is 0 Å². The maximum Gasteiger partial charge on any atom is 0.137 e. The molecule has 2 nitrogen and oxygen atoms in total. The first kappa shape index (κ1) is 21.4. The summed E-state index contributed by atoms with van der Waals surface area (Å²) < 4.78 is 5.50. The minimum Gasteiger partial charge on any atom is -0.495 e. The monoisotopic (exact) mass is 383 g/mol. The van der Waals surface area contributed by atoms with Crippen LogP contribution in [0.25, 0.3) is 0 Å². The van der Waals surface area contributed by atoms with Gasteiger partial charge in [0.15, 0.2) is 0 Å². The van der Waals surface area contributed by atoms with E-state index in [4.69, 9.17) is 16.3 Å². The van der Waals surface area contributed by atoms with Crippen LogP contribution in [0.1, 0.15) is 48.4 Å². The summed E-state index contributed by atoms with van der Waals surface area (Å²) in [5.74, 6) is 1.20. The van der Waals surface area contributed by atoms with Gasteiger partial charge in [0.25, 0.3) is 0 Å². The molecule has 0 bridgehead atoms. The molecule has 0 radical (unpaired) electrons. The van der Waals surface area contributed by atoms with Gasteiger partial charge in [-0.3, -0.25) is 0 Å². The smallest absolute Gasteiger partial charge is 0.137 e. The standard InChI is InChI=1S/C20H22ClNO.C2H6.C2H2/c1-22-10-9-14-11-17(21)19(23-2)12-16(14)20-15-6-4-3-5-13(15)7-8-18(20)22;2*1-2/h3-6,11-12,18,20H,7-10H2,1-2H3;1-2H3;1-2H/t18?,20-;;/m1../s1. The van der Waals surface area contributed by atoms with Crippen molar-refractivity contribution in [3.05, 3.63) is 63.7 Å². The number of likely N-dealkylation sites (N-methyl/N-ethyl adjacent to an activating group) is 1. The number of hydrogen-bond acceptors (Lipinski definition) is 2. The van der Waals surface area contributed by atoms with E-state index in [-0.39, 0.29) is 0 Å². The molecule has 0 saturated carbocycles. The molecule has 4 rings (SSSR count). The Morgan fingerprint density at radius 3 is 2.44 bits per heavy atom. The summed E-state index contributed by atoms with van der Waals surface area (Å²) in [6.45, 7) is 5.08. The fourth-order valence-corrected chi connectivity index (χ4v) is 4.59. The number of terminal acetylenes is 1. The van der Waals surface area contributed by atoms with E-state index in [1.54, 1.807) is 7.11 Å². The zero-order valence-electron chi connectivity index (χ0n) is 16.8. The molecule has 3 heteroatoms. The van der Waals surface area contributed by atoms with Gasteiger partial charge >= 0.3 is 0 Å². The van der Waals surface area contributed by atoms with Crippen LogP contribution in [0, 0.1) is 12.8 Å². The van der Waals surface area contributed by atoms with Crippen molar-refractivity contribution in [2.75, 3.05) is 20.7 Å². The Kier molecular flexibility index (Phi) is 7.78. The average molecular weight is 384 g/mol. The van der Waals surface area contributed by atoms with E-state index in [1.165, 1.54) is 35.1 Å². The number of aryl methyl sites for hydroxylation is 1. The topological polar surface area (TPSA) is 12.5 Å². The molecule has 1 unspecified atom stereocenters. The van der Waals surface area contributed by atoms with E-state index >= 15 is 0 Å². The van der Waals surface area contributed by atoms with Gasteiger partial charge < -0.3 is 9.64 Å². The highest BCUT2D eigenvalue weighted by Gasteiger charge is 2.36. The maximum atomic E-state index is 6.39. The Morgan fingerprint density at radius 1 is 1.04 bits per heavy atom. The van der Waals surface area contributed by atoms with Gasteiger partial charge in [-0.2, -0.15) is 0 Å². The molecule has 1 aliphatic carbocycles. The second-order valence-corrected chi connectivity index (χ2v) is 7.11. The van der Waals surface area contributed by atoms with Crippen molar-refractivity contribution < 1.29 is 4.74 Å². The number of ether oxygens (including phenoxy) is 1. The lowest BCUT2D eigenvalue weighted by Crippen LogP contribution is -2.39. The first-order valence-electron chi connectivity index (χ1n) is 9.66. The molecular weight excluding hydrogens is 354 g/mol. The molecule has 0 saturated heterocycles. The summed E-state index contributed by atoms with van der Waals surface area (Å²) in [6, 6.07) is 13.7. The number of halogens is 1. The molecule has 2 aromatic rings. The highest BCUT2D eigenvalue weighted by molar-refractivity contribution is 6.32. The van der Waals surface area contributed by atoms with Crippen molar-refractivity contribution in [1.82, 2.24) is 4.90 Å². The molecule has 2 atom stereocenters. The zero-order chi connectivity index (χ0) is 20.0. The molecule has 1 heterocycles. The van der Waals surface area contributed by atoms with Crippen LogP contribution in [-0.4, -0.2) is 31.6 Å². The molecule has 0 N–H and O–H groups in total. The molecule has 27 heavy (non-hydrogen) atoms. The Hall–Kier alpha value is -1.95. The first-order valence-corrected chi connectivity index (χ1v) is 10.0. The fraction of sp³-hybridized carbons (Fsp3) is 0.417. The molecule has 0 amide bonds. The van der Waals surface area contributed by atoms with Crippen LogP contribution in [-0.2, 0) is 12.8 Å². The van der Waals surface area contributed by atoms with Gasteiger partial charge in [-0.25, -0.2) is 0 Å². The third-order valence-electron chi connectivity index (χ3n) is 5.53. The maximum absolute atomic E-state index is 6.39. The summed E-state index contributed by atoms with van der Waals surface area (Å²) in [7, 11) is 3.96. The van der Waals surface area contributed by atoms with Gasteiger partial charge in [-0.05, 0) is 60.7 Å². The Labute approximate surface area is 169 Å². The van der Waals surface area contributed by atoms with Crippen LogP contribution in [0.5, 0.6) is 5.75 Å². The molecule has 0 spiro atoms. The minimum absolute atomic E-state index is 0.411. The van der Waals surface area contributed by atoms with Crippen LogP contribution < -0.4 is 4.74 Å². The van der Waals surface area contributed by atoms with Crippen LogP contribution in [0.2, 0.25) is 5.02 Å². The highest BCUT2D eigenvalue weighted by atomic mass is 35.5. The predicted molar refractivity (Wildman–Crippen MR) is 116 cm³/mol. The van der Waals surface area contributed by atoms with Crippen molar-refractivity contribution in [2.24, 2.45) is 0 Å². The molecule has 2 aromatic carbocycles. The molecule has 0 fully saturated rings. The summed E-state index contributed by atoms with van der Waals surface area (Å²) in [6.07, 6.45) is 11.4. The fourth-order valence-electron chi connectivity index (χ4n) is 4.33. The van der Waals surface area contributed by atoms with Gasteiger partial charge in [0, 0.05) is 18.5 Å². The number of methoxy groups -OCH3 is 1. The molecular formula is C24H30ClNO. The SMILES string of the molecule is C#C.CC.COc1cc2c(cc1Cl)CCN(C)C1CCc3ccccc3[C@H]21. The molecule has 2 aliphatic rings. The summed E-state index contributed by atoms with van der Waals surface area (Å²) in [5.41, 5.74) is 5.73. The number of hydrogen-bond donors (Lipinski definition) is 0. The Balaban J connectivity index is 0.000000614. The second-order valence-electron chi connectivity index (χ2n) is 6.70. The van der Waals surface area contributed by atoms with Gasteiger partial charge in [-0.15, -0.1) is 12.8 Å². The minimum atomic E-state index is 0.411. The number of rotatable bonds is 1. The molecule has 0 aromatic heterocycles. The zero-order valence-corrected chi connectivity index (χ0v) is 17.6. The van der Waals surface area contributed by atoms with E-state index < -0.39 is 0 Å². The quantitative estimate of drug-likeness (QED) is 0.598. The number of benzene rings is 2. The van der Waals surface area contributed by atoms with E-state index in [9.17, 15) is 0 Å². The van der Waals surface area contributed by atoms with Crippen LogP contribution in [0.15, 0.2) is 36.4 Å². The van der Waals surface area contributed by atoms with Crippen molar-refractivity contribution in [2.45, 2.75) is 45.1 Å². The van der Waals surface area contributed by atoms with E-state index in [2.05, 4.69) is 61.2 Å². The summed E-state index contributed by atoms with van der Waals surface area (Å²) >= 11 is 6.39. The van der Waals surface area contributed by atoms with Gasteiger partial charge in [0.05, 0.1) is 12.1 Å². The van der Waals surface area contributed by atoms with E-state index in [0.717, 1.165) is 23.7 Å². The van der Waals surface area contributed by atoms with Crippen LogP contribution in [0.4, 0.5) is 0 Å². The van der Waals surface area contributed by atoms with Gasteiger partial charge in [0.1, 0.15) is 5.75 Å². The van der Waals surface area contributed by atoms with Crippen molar-refractivity contribution in [3.63, 3.8) is 0 Å². The number of fused-ring (bicyclic) bond motifs is 5. The summed E-state index contributed by atoms with van der Waals surface area (Å²) in [4.78, 5) is 2.53. The Bertz CT molecular complexity index is 783. The number of nitrogens with zero attached hydrogens (tertiary/aromatic N) is 1. The normalized spacial score (nSPS) is 20.3. The Morgan fingerprint density at radius 2 is 1.74 bits per heavy atom. The third kappa shape index (κ3) is 4.15. The van der Waals surface area contributed by atoms with Gasteiger partial charge in [0.2, 0.25) is 0 Å².